The SMILES string of the molecule is COc1ccc2c(c1)C1(C(=O)N2C)N(C)CC(c2ccncc2)C12SC(=S)N(Cc1ccccc1)C2=O. The van der Waals surface area contributed by atoms with Crippen molar-refractivity contribution in [3.8, 4) is 5.75 Å². The number of ether oxygens (including phenoxy) is 1. The van der Waals surface area contributed by atoms with E-state index in [2.05, 4.69) is 4.98 Å². The Kier molecular flexibility index (Phi) is 5.63. The lowest BCUT2D eigenvalue weighted by molar-refractivity contribution is -0.139. The molecule has 2 spiro atoms. The van der Waals surface area contributed by atoms with Crippen LogP contribution in [0, 0.1) is 0 Å². The largest absolute Gasteiger partial charge is 0.497 e. The lowest BCUT2D eigenvalue weighted by atomic mass is 9.72. The van der Waals surface area contributed by atoms with Gasteiger partial charge in [-0.25, -0.2) is 0 Å². The highest BCUT2D eigenvalue weighted by atomic mass is 32.2. The zero-order valence-electron chi connectivity index (χ0n) is 20.7. The maximum atomic E-state index is 14.8. The Bertz CT molecular complexity index is 1420. The maximum Gasteiger partial charge on any atom is 0.254 e. The summed E-state index contributed by atoms with van der Waals surface area (Å²) in [5, 5.41) is 0. The van der Waals surface area contributed by atoms with Crippen LogP contribution in [-0.2, 0) is 21.7 Å². The first-order chi connectivity index (χ1) is 17.9. The van der Waals surface area contributed by atoms with E-state index in [4.69, 9.17) is 17.0 Å². The van der Waals surface area contributed by atoms with E-state index < -0.39 is 10.3 Å². The molecule has 2 saturated heterocycles. The van der Waals surface area contributed by atoms with Crippen LogP contribution < -0.4 is 9.64 Å². The molecule has 3 unspecified atom stereocenters. The number of likely N-dealkylation sites (N-methyl/N-ethyl adjacent to an activating group) is 2. The van der Waals surface area contributed by atoms with Crippen LogP contribution in [0.25, 0.3) is 0 Å². The van der Waals surface area contributed by atoms with E-state index in [9.17, 15) is 9.59 Å². The molecule has 4 heterocycles. The van der Waals surface area contributed by atoms with Crippen molar-refractivity contribution in [3.63, 3.8) is 0 Å². The first-order valence-electron chi connectivity index (χ1n) is 12.0. The summed E-state index contributed by atoms with van der Waals surface area (Å²) in [6, 6.07) is 19.3. The zero-order chi connectivity index (χ0) is 25.9. The second-order valence-corrected chi connectivity index (χ2v) is 11.5. The van der Waals surface area contributed by atoms with Gasteiger partial charge >= 0.3 is 0 Å². The highest BCUT2D eigenvalue weighted by Crippen LogP contribution is 2.66. The van der Waals surface area contributed by atoms with Crippen molar-refractivity contribution >= 4 is 45.8 Å². The van der Waals surface area contributed by atoms with Gasteiger partial charge in [-0.3, -0.25) is 24.4 Å². The number of likely N-dealkylation sites (tertiary alicyclic amines) is 1. The van der Waals surface area contributed by atoms with Gasteiger partial charge in [-0.05, 0) is 48.5 Å². The third-order valence-corrected chi connectivity index (χ3v) is 9.89. The fourth-order valence-corrected chi connectivity index (χ4v) is 8.43. The Balaban J connectivity index is 1.60. The van der Waals surface area contributed by atoms with Crippen LogP contribution in [0.1, 0.15) is 22.6 Å². The molecule has 0 saturated carbocycles. The number of hydrogen-bond acceptors (Lipinski definition) is 7. The first-order valence-corrected chi connectivity index (χ1v) is 13.3. The smallest absolute Gasteiger partial charge is 0.254 e. The van der Waals surface area contributed by atoms with Gasteiger partial charge in [0, 0.05) is 43.2 Å². The second kappa shape index (κ2) is 8.65. The number of hydrogen-bond donors (Lipinski definition) is 0. The van der Waals surface area contributed by atoms with Gasteiger partial charge in [-0.2, -0.15) is 0 Å². The van der Waals surface area contributed by atoms with Crippen molar-refractivity contribution in [2.24, 2.45) is 0 Å². The van der Waals surface area contributed by atoms with Gasteiger partial charge in [0.2, 0.25) is 5.91 Å². The third kappa shape index (κ3) is 3.11. The Morgan fingerprint density at radius 1 is 1.05 bits per heavy atom. The van der Waals surface area contributed by atoms with Gasteiger partial charge in [0.05, 0.1) is 13.7 Å². The number of fused-ring (bicyclic) bond motifs is 3. The van der Waals surface area contributed by atoms with E-state index in [1.807, 2.05) is 72.6 Å². The molecule has 2 fully saturated rings. The summed E-state index contributed by atoms with van der Waals surface area (Å²) in [6.07, 6.45) is 3.47. The number of aromatic nitrogens is 1. The molecule has 2 amide bonds. The Hall–Kier alpha value is -3.27. The molecule has 6 rings (SSSR count). The number of pyridine rings is 1. The summed E-state index contributed by atoms with van der Waals surface area (Å²) < 4.78 is 4.84. The van der Waals surface area contributed by atoms with Crippen molar-refractivity contribution in [2.75, 3.05) is 32.6 Å². The van der Waals surface area contributed by atoms with E-state index in [1.165, 1.54) is 11.8 Å². The lowest BCUT2D eigenvalue weighted by Gasteiger charge is -2.42. The molecule has 9 heteroatoms. The molecule has 7 nitrogen and oxygen atoms in total. The predicted octanol–water partition coefficient (Wildman–Crippen LogP) is 3.79. The average Bonchev–Trinajstić information content (AvgIpc) is 3.43. The normalized spacial score (nSPS) is 27.1. The molecule has 2 aromatic carbocycles. The number of thiocarbonyl (C=S) groups is 1. The molecular formula is C28H26N4O3S2. The number of nitrogens with zero attached hydrogens (tertiary/aromatic N) is 4. The van der Waals surface area contributed by atoms with Crippen molar-refractivity contribution in [3.05, 3.63) is 89.7 Å². The Morgan fingerprint density at radius 3 is 2.49 bits per heavy atom. The van der Waals surface area contributed by atoms with E-state index in [1.54, 1.807) is 36.4 Å². The number of methoxy groups -OCH3 is 1. The van der Waals surface area contributed by atoms with E-state index in [0.717, 1.165) is 22.4 Å². The summed E-state index contributed by atoms with van der Waals surface area (Å²) in [4.78, 5) is 38.9. The Morgan fingerprint density at radius 2 is 1.78 bits per heavy atom. The molecule has 0 aliphatic carbocycles. The summed E-state index contributed by atoms with van der Waals surface area (Å²) in [7, 11) is 5.31. The summed E-state index contributed by atoms with van der Waals surface area (Å²) in [6.45, 7) is 0.853. The molecule has 188 valence electrons. The number of amides is 2. The summed E-state index contributed by atoms with van der Waals surface area (Å²) >= 11 is 7.24. The molecular weight excluding hydrogens is 504 g/mol. The van der Waals surface area contributed by atoms with E-state index >= 15 is 0 Å². The number of thioether (sulfide) groups is 1. The molecule has 1 aromatic heterocycles. The average molecular weight is 531 g/mol. The van der Waals surface area contributed by atoms with Crippen molar-refractivity contribution in [2.45, 2.75) is 22.7 Å². The molecule has 37 heavy (non-hydrogen) atoms. The minimum Gasteiger partial charge on any atom is -0.497 e. The van der Waals surface area contributed by atoms with E-state index in [0.29, 0.717) is 23.2 Å². The molecule has 0 radical (unpaired) electrons. The van der Waals surface area contributed by atoms with Crippen molar-refractivity contribution in [1.29, 1.82) is 0 Å². The predicted molar refractivity (Wildman–Crippen MR) is 148 cm³/mol. The number of anilines is 1. The quantitative estimate of drug-likeness (QED) is 0.476. The van der Waals surface area contributed by atoms with Crippen LogP contribution in [0.3, 0.4) is 0 Å². The summed E-state index contributed by atoms with van der Waals surface area (Å²) in [5.74, 6) is 0.0532. The first kappa shape index (κ1) is 24.1. The lowest BCUT2D eigenvalue weighted by Crippen LogP contribution is -2.62. The van der Waals surface area contributed by atoms with Gasteiger partial charge < -0.3 is 9.64 Å². The topological polar surface area (TPSA) is 66.0 Å². The fraction of sp³-hybridized carbons (Fsp3) is 0.286. The molecule has 0 N–H and O–H groups in total. The monoisotopic (exact) mass is 530 g/mol. The van der Waals surface area contributed by atoms with Crippen LogP contribution >= 0.6 is 24.0 Å². The van der Waals surface area contributed by atoms with Crippen LogP contribution in [0.2, 0.25) is 0 Å². The minimum absolute atomic E-state index is 0.139. The van der Waals surface area contributed by atoms with Gasteiger partial charge in [-0.1, -0.05) is 54.3 Å². The highest BCUT2D eigenvalue weighted by molar-refractivity contribution is 8.25. The van der Waals surface area contributed by atoms with Crippen LogP contribution in [-0.4, -0.2) is 63.4 Å². The van der Waals surface area contributed by atoms with Gasteiger partial charge in [-0.15, -0.1) is 0 Å². The van der Waals surface area contributed by atoms with Crippen molar-refractivity contribution < 1.29 is 14.3 Å². The maximum absolute atomic E-state index is 14.8. The van der Waals surface area contributed by atoms with Gasteiger partial charge in [0.25, 0.3) is 5.91 Å². The molecule has 0 bridgehead atoms. The molecule has 3 aliphatic heterocycles. The van der Waals surface area contributed by atoms with E-state index in [-0.39, 0.29) is 17.7 Å². The van der Waals surface area contributed by atoms with Crippen molar-refractivity contribution in [1.82, 2.24) is 14.8 Å². The van der Waals surface area contributed by atoms with Gasteiger partial charge in [0.15, 0.2) is 5.54 Å². The van der Waals surface area contributed by atoms with Crippen LogP contribution in [0.15, 0.2) is 73.1 Å². The zero-order valence-corrected chi connectivity index (χ0v) is 22.4. The highest BCUT2D eigenvalue weighted by Gasteiger charge is 2.78. The van der Waals surface area contributed by atoms with Gasteiger partial charge in [0.1, 0.15) is 14.8 Å². The van der Waals surface area contributed by atoms with Crippen LogP contribution in [0.4, 0.5) is 5.69 Å². The van der Waals surface area contributed by atoms with Crippen LogP contribution in [0.5, 0.6) is 5.75 Å². The molecule has 3 aliphatic rings. The molecule has 3 atom stereocenters. The number of carbonyl (C=O) groups is 2. The standard InChI is InChI=1S/C28H26N4O3S2/c1-30-17-22(19-11-13-29-14-12-19)28(25(34)32(26(36)37-28)16-18-7-5-4-6-8-18)27(30)21-15-20(35-3)9-10-23(21)31(2)24(27)33/h4-15,22H,16-17H2,1-3H3. The molecule has 3 aromatic rings. The summed E-state index contributed by atoms with van der Waals surface area (Å²) in [5.41, 5.74) is 2.21. The minimum atomic E-state index is -1.27. The number of benzene rings is 2. The fourth-order valence-electron chi connectivity index (χ4n) is 6.30. The third-order valence-electron chi connectivity index (χ3n) is 7.95. The Labute approximate surface area is 225 Å². The number of carbonyl (C=O) groups excluding carboxylic acids is 2. The number of rotatable bonds is 4. The second-order valence-electron chi connectivity index (χ2n) is 9.65.